The van der Waals surface area contributed by atoms with Gasteiger partial charge in [-0.1, -0.05) is 42.1 Å². The van der Waals surface area contributed by atoms with E-state index < -0.39 is 0 Å². The quantitative estimate of drug-likeness (QED) is 0.308. The predicted molar refractivity (Wildman–Crippen MR) is 149 cm³/mol. The first kappa shape index (κ1) is 22.6. The number of fused-ring (bicyclic) bond motifs is 2. The number of phenols is 1. The lowest BCUT2D eigenvalue weighted by Gasteiger charge is -2.17. The van der Waals surface area contributed by atoms with Gasteiger partial charge in [0.25, 0.3) is 5.91 Å². The molecule has 6 nitrogen and oxygen atoms in total. The maximum atomic E-state index is 13.8. The number of anilines is 2. The fourth-order valence-corrected chi connectivity index (χ4v) is 6.54. The highest BCUT2D eigenvalue weighted by atomic mass is 32.2. The van der Waals surface area contributed by atoms with Crippen LogP contribution in [-0.2, 0) is 4.79 Å². The molecule has 6 rings (SSSR count). The van der Waals surface area contributed by atoms with Gasteiger partial charge in [-0.15, -0.1) is 0 Å². The van der Waals surface area contributed by atoms with Gasteiger partial charge < -0.3 is 14.7 Å². The van der Waals surface area contributed by atoms with Crippen molar-refractivity contribution in [3.63, 3.8) is 0 Å². The standard InChI is InChI=1S/C28H21N3O3S2/c1-30-23-16-22(34-2)13-14-24(23)35-27(30)25-26(33)31(20-9-11-21(32)12-10-20)28(36-25)29-19-8-7-17-5-3-4-6-18(17)15-19/h3-16,32H,1-2H3. The summed E-state index contributed by atoms with van der Waals surface area (Å²) in [7, 11) is 3.60. The minimum atomic E-state index is -0.153. The van der Waals surface area contributed by atoms with Crippen LogP contribution in [0.3, 0.4) is 0 Å². The van der Waals surface area contributed by atoms with Crippen LogP contribution in [0.5, 0.6) is 11.5 Å². The summed E-state index contributed by atoms with van der Waals surface area (Å²) in [5.74, 6) is 0.751. The third-order valence-electron chi connectivity index (χ3n) is 6.08. The molecule has 2 heterocycles. The van der Waals surface area contributed by atoms with Gasteiger partial charge in [-0.05, 0) is 71.1 Å². The molecule has 0 atom stereocenters. The smallest absolute Gasteiger partial charge is 0.274 e. The number of amides is 1. The number of hydrogen-bond donors (Lipinski definition) is 1. The first-order chi connectivity index (χ1) is 17.5. The SMILES string of the molecule is COc1ccc2c(c1)N(C)C(=C1SC(=Nc3ccc4ccccc4c3)N(c3ccc(O)cc3)C1=O)S2. The Morgan fingerprint density at radius 3 is 2.44 bits per heavy atom. The largest absolute Gasteiger partial charge is 0.508 e. The summed E-state index contributed by atoms with van der Waals surface area (Å²) in [5.41, 5.74) is 2.40. The van der Waals surface area contributed by atoms with E-state index in [9.17, 15) is 9.90 Å². The van der Waals surface area contributed by atoms with Gasteiger partial charge in [-0.3, -0.25) is 9.69 Å². The zero-order valence-corrected chi connectivity index (χ0v) is 21.1. The van der Waals surface area contributed by atoms with Crippen molar-refractivity contribution in [1.82, 2.24) is 0 Å². The summed E-state index contributed by atoms with van der Waals surface area (Å²) in [6.45, 7) is 0. The van der Waals surface area contributed by atoms with E-state index in [1.165, 1.54) is 11.8 Å². The van der Waals surface area contributed by atoms with Crippen LogP contribution >= 0.6 is 23.5 Å². The zero-order valence-electron chi connectivity index (χ0n) is 19.5. The van der Waals surface area contributed by atoms with Crippen molar-refractivity contribution in [2.75, 3.05) is 24.0 Å². The number of carbonyl (C=O) groups is 1. The number of phenolic OH excluding ortho intramolecular Hbond substituents is 1. The number of methoxy groups -OCH3 is 1. The number of aliphatic imine (C=N–C) groups is 1. The lowest BCUT2D eigenvalue weighted by Crippen LogP contribution is -2.29. The van der Waals surface area contributed by atoms with Gasteiger partial charge in [0.15, 0.2) is 5.17 Å². The number of ether oxygens (including phenoxy) is 1. The highest BCUT2D eigenvalue weighted by Gasteiger charge is 2.40. The molecule has 0 radical (unpaired) electrons. The number of thioether (sulfide) groups is 2. The van der Waals surface area contributed by atoms with Crippen LogP contribution < -0.4 is 14.5 Å². The topological polar surface area (TPSA) is 65.4 Å². The number of aromatic hydroxyl groups is 1. The Balaban J connectivity index is 1.45. The van der Waals surface area contributed by atoms with Crippen LogP contribution in [0.4, 0.5) is 17.1 Å². The predicted octanol–water partition coefficient (Wildman–Crippen LogP) is 6.73. The molecule has 2 aliphatic rings. The zero-order chi connectivity index (χ0) is 24.8. The molecular formula is C28H21N3O3S2. The molecule has 0 saturated carbocycles. The third-order valence-corrected chi connectivity index (χ3v) is 8.47. The number of amidine groups is 1. The molecule has 4 aromatic rings. The van der Waals surface area contributed by atoms with Crippen LogP contribution in [0.2, 0.25) is 0 Å². The molecule has 1 fully saturated rings. The normalized spacial score (nSPS) is 18.4. The number of carbonyl (C=O) groups excluding carboxylic acids is 1. The molecule has 0 aliphatic carbocycles. The highest BCUT2D eigenvalue weighted by molar-refractivity contribution is 8.20. The Labute approximate surface area is 216 Å². The van der Waals surface area contributed by atoms with E-state index in [0.29, 0.717) is 15.8 Å². The first-order valence-corrected chi connectivity index (χ1v) is 12.9. The van der Waals surface area contributed by atoms with Crippen LogP contribution in [0.25, 0.3) is 10.8 Å². The van der Waals surface area contributed by atoms with Gasteiger partial charge in [0.1, 0.15) is 16.4 Å². The van der Waals surface area contributed by atoms with Gasteiger partial charge in [0.2, 0.25) is 0 Å². The Morgan fingerprint density at radius 1 is 0.889 bits per heavy atom. The number of nitrogens with zero attached hydrogens (tertiary/aromatic N) is 3. The fraction of sp³-hybridized carbons (Fsp3) is 0.0714. The van der Waals surface area contributed by atoms with Gasteiger partial charge in [0.05, 0.1) is 29.2 Å². The van der Waals surface area contributed by atoms with Crippen LogP contribution in [0.15, 0.2) is 105 Å². The molecule has 0 unspecified atom stereocenters. The van der Waals surface area contributed by atoms with Crippen LogP contribution in [0.1, 0.15) is 0 Å². The lowest BCUT2D eigenvalue weighted by molar-refractivity contribution is -0.113. The molecule has 1 amide bonds. The van der Waals surface area contributed by atoms with Crippen LogP contribution in [-0.4, -0.2) is 30.3 Å². The number of rotatable bonds is 3. The van der Waals surface area contributed by atoms with Gasteiger partial charge in [-0.2, -0.15) is 0 Å². The molecule has 0 spiro atoms. The van der Waals surface area contributed by atoms with Gasteiger partial charge >= 0.3 is 0 Å². The van der Waals surface area contributed by atoms with Crippen LogP contribution in [0, 0.1) is 0 Å². The monoisotopic (exact) mass is 511 g/mol. The molecule has 4 aromatic carbocycles. The van der Waals surface area contributed by atoms with Crippen molar-refractivity contribution < 1.29 is 14.6 Å². The van der Waals surface area contributed by atoms with E-state index in [0.717, 1.165) is 37.8 Å². The average molecular weight is 512 g/mol. The van der Waals surface area contributed by atoms with Gasteiger partial charge in [0, 0.05) is 18.0 Å². The summed E-state index contributed by atoms with van der Waals surface area (Å²) in [6.07, 6.45) is 0. The van der Waals surface area contributed by atoms with E-state index in [-0.39, 0.29) is 11.7 Å². The summed E-state index contributed by atoms with van der Waals surface area (Å²) in [4.78, 5) is 24.0. The van der Waals surface area contributed by atoms with E-state index in [4.69, 9.17) is 9.73 Å². The second kappa shape index (κ2) is 8.96. The highest BCUT2D eigenvalue weighted by Crippen LogP contribution is 2.51. The maximum absolute atomic E-state index is 13.8. The van der Waals surface area contributed by atoms with Crippen molar-refractivity contribution in [1.29, 1.82) is 0 Å². The summed E-state index contributed by atoms with van der Waals surface area (Å²) in [5, 5.41) is 13.4. The molecule has 178 valence electrons. The van der Waals surface area contributed by atoms with E-state index >= 15 is 0 Å². The number of hydrogen-bond acceptors (Lipinski definition) is 7. The minimum Gasteiger partial charge on any atom is -0.508 e. The van der Waals surface area contributed by atoms with Crippen molar-refractivity contribution in [2.45, 2.75) is 4.90 Å². The molecular weight excluding hydrogens is 490 g/mol. The lowest BCUT2D eigenvalue weighted by atomic mass is 10.1. The third kappa shape index (κ3) is 3.88. The molecule has 1 N–H and O–H groups in total. The fourth-order valence-electron chi connectivity index (χ4n) is 4.22. The van der Waals surface area contributed by atoms with Gasteiger partial charge in [-0.25, -0.2) is 4.99 Å². The van der Waals surface area contributed by atoms with Crippen molar-refractivity contribution in [2.24, 2.45) is 4.99 Å². The van der Waals surface area contributed by atoms with Crippen molar-refractivity contribution in [3.05, 3.63) is 94.9 Å². The number of benzene rings is 4. The van der Waals surface area contributed by atoms with Crippen molar-refractivity contribution in [3.8, 4) is 11.5 Å². The molecule has 0 bridgehead atoms. The maximum Gasteiger partial charge on any atom is 0.274 e. The van der Waals surface area contributed by atoms with Crippen molar-refractivity contribution >= 4 is 62.4 Å². The molecule has 2 aliphatic heterocycles. The average Bonchev–Trinajstić information content (AvgIpc) is 3.40. The Morgan fingerprint density at radius 2 is 1.67 bits per heavy atom. The second-order valence-corrected chi connectivity index (χ2v) is 10.3. The Bertz CT molecular complexity index is 1580. The molecule has 0 aromatic heterocycles. The Kier molecular flexibility index (Phi) is 5.62. The molecule has 36 heavy (non-hydrogen) atoms. The molecule has 1 saturated heterocycles. The summed E-state index contributed by atoms with van der Waals surface area (Å²) >= 11 is 2.92. The minimum absolute atomic E-state index is 0.139. The second-order valence-electron chi connectivity index (χ2n) is 8.31. The van der Waals surface area contributed by atoms with E-state index in [2.05, 4.69) is 6.07 Å². The van der Waals surface area contributed by atoms with E-state index in [1.54, 1.807) is 48.0 Å². The van der Waals surface area contributed by atoms with E-state index in [1.807, 2.05) is 66.5 Å². The Hall–Kier alpha value is -3.88. The summed E-state index contributed by atoms with van der Waals surface area (Å²) < 4.78 is 5.40. The summed E-state index contributed by atoms with van der Waals surface area (Å²) in [6, 6.07) is 26.6. The first-order valence-electron chi connectivity index (χ1n) is 11.2. The molecule has 8 heteroatoms.